The molecule has 1 unspecified atom stereocenters. The molecule has 4 aliphatic rings. The Hall–Kier alpha value is -2.27. The average Bonchev–Trinajstić information content (AvgIpc) is 3.40. The van der Waals surface area contributed by atoms with Crippen molar-refractivity contribution in [1.29, 1.82) is 0 Å². The number of allylic oxidation sites excluding steroid dienone is 1. The summed E-state index contributed by atoms with van der Waals surface area (Å²) >= 11 is 0. The lowest BCUT2D eigenvalue weighted by Crippen LogP contribution is -2.53. The topological polar surface area (TPSA) is 166 Å². The highest BCUT2D eigenvalue weighted by molar-refractivity contribution is 7.48. The van der Waals surface area contributed by atoms with Crippen LogP contribution in [0.15, 0.2) is 17.4 Å². The number of hydrogen-bond donors (Lipinski definition) is 0. The van der Waals surface area contributed by atoms with Crippen molar-refractivity contribution in [3.05, 3.63) is 22.7 Å². The van der Waals surface area contributed by atoms with Crippen LogP contribution in [-0.2, 0) is 42.0 Å². The number of carbonyl (C=O) groups is 3. The highest BCUT2D eigenvalue weighted by atomic mass is 31.2. The van der Waals surface area contributed by atoms with Crippen molar-refractivity contribution in [2.24, 2.45) is 11.0 Å². The van der Waals surface area contributed by atoms with Crippen LogP contribution in [0.2, 0.25) is 0 Å². The molecule has 0 aromatic carbocycles. The molecule has 14 heteroatoms. The molecular weight excluding hydrogens is 483 g/mol. The highest BCUT2D eigenvalue weighted by Gasteiger charge is 2.62. The van der Waals surface area contributed by atoms with Gasteiger partial charge in [0, 0.05) is 11.1 Å². The number of phosphoric ester groups is 1. The maximum atomic E-state index is 13.2. The van der Waals surface area contributed by atoms with Gasteiger partial charge >= 0.3 is 13.8 Å². The largest absolute Gasteiger partial charge is 0.475 e. The maximum absolute atomic E-state index is 13.2. The summed E-state index contributed by atoms with van der Waals surface area (Å²) in [4.78, 5) is 40.3. The Morgan fingerprint density at radius 2 is 2.14 bits per heavy atom. The minimum absolute atomic E-state index is 0.0420. The van der Waals surface area contributed by atoms with Crippen LogP contribution < -0.4 is 0 Å². The summed E-state index contributed by atoms with van der Waals surface area (Å²) in [6.45, 7) is 2.93. The van der Waals surface area contributed by atoms with Crippen molar-refractivity contribution in [1.82, 2.24) is 4.90 Å². The van der Waals surface area contributed by atoms with Crippen molar-refractivity contribution < 1.29 is 42.0 Å². The fourth-order valence-corrected chi connectivity index (χ4v) is 6.13. The van der Waals surface area contributed by atoms with Gasteiger partial charge in [-0.25, -0.2) is 4.57 Å². The Labute approximate surface area is 202 Å². The van der Waals surface area contributed by atoms with E-state index in [1.54, 1.807) is 6.92 Å². The first-order valence-electron chi connectivity index (χ1n) is 11.7. The maximum Gasteiger partial charge on any atom is 0.475 e. The smallest absolute Gasteiger partial charge is 0.462 e. The number of ketones is 1. The number of nitrogens with zero attached hydrogens (tertiary/aromatic N) is 4. The molecule has 3 aliphatic heterocycles. The zero-order valence-electron chi connectivity index (χ0n) is 19.6. The van der Waals surface area contributed by atoms with E-state index < -0.39 is 43.6 Å². The third kappa shape index (κ3) is 5.45. The van der Waals surface area contributed by atoms with E-state index in [0.29, 0.717) is 0 Å². The third-order valence-corrected chi connectivity index (χ3v) is 8.14. The molecule has 3 fully saturated rings. The molecule has 1 aliphatic carbocycles. The molecule has 0 aromatic rings. The molecule has 0 spiro atoms. The van der Waals surface area contributed by atoms with Gasteiger partial charge in [-0.2, -0.15) is 0 Å². The number of esters is 1. The number of azide groups is 1. The molecule has 0 aromatic heterocycles. The molecule has 1 amide bonds. The van der Waals surface area contributed by atoms with Gasteiger partial charge in [0.2, 0.25) is 5.91 Å². The Kier molecular flexibility index (Phi) is 7.65. The first kappa shape index (κ1) is 25.8. The Balaban J connectivity index is 1.39. The zero-order valence-corrected chi connectivity index (χ0v) is 20.5. The van der Waals surface area contributed by atoms with Crippen molar-refractivity contribution in [3.8, 4) is 0 Å². The quantitative estimate of drug-likeness (QED) is 0.118. The first-order chi connectivity index (χ1) is 16.6. The van der Waals surface area contributed by atoms with Crippen LogP contribution in [0.3, 0.4) is 0 Å². The monoisotopic (exact) mass is 512 g/mol. The number of hydrogen-bond acceptors (Lipinski definition) is 10. The van der Waals surface area contributed by atoms with E-state index >= 15 is 0 Å². The lowest BCUT2D eigenvalue weighted by Gasteiger charge is -2.37. The molecule has 2 saturated heterocycles. The first-order valence-corrected chi connectivity index (χ1v) is 13.1. The third-order valence-electron chi connectivity index (χ3n) is 6.69. The van der Waals surface area contributed by atoms with Crippen LogP contribution in [-0.4, -0.2) is 65.9 Å². The number of amides is 1. The van der Waals surface area contributed by atoms with Gasteiger partial charge in [-0.05, 0) is 50.6 Å². The average molecular weight is 512 g/mol. The van der Waals surface area contributed by atoms with E-state index in [0.717, 1.165) is 25.7 Å². The summed E-state index contributed by atoms with van der Waals surface area (Å²) in [7, 11) is -4.09. The van der Waals surface area contributed by atoms with E-state index in [4.69, 9.17) is 23.0 Å². The second kappa shape index (κ2) is 10.4. The number of fused-ring (bicyclic) bond motifs is 1. The summed E-state index contributed by atoms with van der Waals surface area (Å²) in [6, 6.07) is 0. The van der Waals surface area contributed by atoms with Gasteiger partial charge in [0.15, 0.2) is 12.0 Å². The van der Waals surface area contributed by atoms with E-state index in [-0.39, 0.29) is 43.9 Å². The van der Waals surface area contributed by atoms with Crippen LogP contribution in [0.25, 0.3) is 10.4 Å². The van der Waals surface area contributed by atoms with Crippen LogP contribution in [0.5, 0.6) is 0 Å². The van der Waals surface area contributed by atoms with E-state index in [1.807, 2.05) is 0 Å². The standard InChI is InChI=1S/C21H29N4O9P/c1-13(19(28)32-15-5-3-4-6-15)8-10-30-35(29)31-12-16-18(34-35)21(2,23-24-22)20(33-16)25-9-7-14(26)11-17(25)27/h7,9,13,15-16,18,20H,3-6,8,10-12H2,1-2H3/t13?,16-,18-,20-,21-,35+/m1/s1. The minimum atomic E-state index is -4.09. The van der Waals surface area contributed by atoms with Gasteiger partial charge in [0.05, 0.1) is 25.6 Å². The molecule has 0 bridgehead atoms. The second-order valence-electron chi connectivity index (χ2n) is 9.34. The van der Waals surface area contributed by atoms with E-state index in [2.05, 4.69) is 10.0 Å². The normalized spacial score (nSPS) is 36.1. The number of carbonyl (C=O) groups excluding carboxylic acids is 3. The van der Waals surface area contributed by atoms with Gasteiger partial charge in [-0.15, -0.1) is 0 Å². The molecule has 6 atom stereocenters. The summed E-state index contributed by atoms with van der Waals surface area (Å²) < 4.78 is 41.0. The van der Waals surface area contributed by atoms with Gasteiger partial charge in [-0.1, -0.05) is 12.0 Å². The summed E-state index contributed by atoms with van der Waals surface area (Å²) in [6.07, 6.45) is 3.23. The lowest BCUT2D eigenvalue weighted by molar-refractivity contribution is -0.153. The molecule has 0 N–H and O–H groups in total. The summed E-state index contributed by atoms with van der Waals surface area (Å²) in [5, 5.41) is 3.82. The molecule has 192 valence electrons. The van der Waals surface area contributed by atoms with Crippen LogP contribution >= 0.6 is 7.82 Å². The van der Waals surface area contributed by atoms with Crippen LogP contribution in [0, 0.1) is 5.92 Å². The van der Waals surface area contributed by atoms with Gasteiger partial charge < -0.3 is 9.47 Å². The zero-order chi connectivity index (χ0) is 25.2. The second-order valence-corrected chi connectivity index (χ2v) is 11.0. The molecule has 35 heavy (non-hydrogen) atoms. The molecular formula is C21H29N4O9P. The molecule has 4 rings (SSSR count). The van der Waals surface area contributed by atoms with Crippen molar-refractivity contribution in [2.45, 2.75) is 82.5 Å². The van der Waals surface area contributed by atoms with Gasteiger partial charge in [0.25, 0.3) is 0 Å². The SMILES string of the molecule is CC(CCO[P@@]1(=O)OC[C@H]2O[C@@H](N3C=CC(=O)CC3=O)[C@](C)(N=[N+]=[N-])[C@@H]2O1)C(=O)OC1CCCC1. The van der Waals surface area contributed by atoms with E-state index in [1.165, 1.54) is 24.1 Å². The summed E-state index contributed by atoms with van der Waals surface area (Å²) in [5.74, 6) is -1.68. The number of rotatable bonds is 8. The predicted octanol–water partition coefficient (Wildman–Crippen LogP) is 3.15. The highest BCUT2D eigenvalue weighted by Crippen LogP contribution is 2.58. The fraction of sp³-hybridized carbons (Fsp3) is 0.762. The molecule has 13 nitrogen and oxygen atoms in total. The molecule has 3 heterocycles. The Bertz CT molecular complexity index is 993. The lowest BCUT2D eigenvalue weighted by atomic mass is 9.92. The minimum Gasteiger partial charge on any atom is -0.462 e. The van der Waals surface area contributed by atoms with Gasteiger partial charge in [0.1, 0.15) is 23.9 Å². The van der Waals surface area contributed by atoms with Crippen molar-refractivity contribution in [3.63, 3.8) is 0 Å². The fourth-order valence-electron chi connectivity index (χ4n) is 4.65. The molecule has 0 radical (unpaired) electrons. The molecule has 1 saturated carbocycles. The van der Waals surface area contributed by atoms with Crippen molar-refractivity contribution >= 4 is 25.5 Å². The number of phosphoric acid groups is 1. The van der Waals surface area contributed by atoms with Gasteiger partial charge in [-0.3, -0.25) is 32.9 Å². The predicted molar refractivity (Wildman–Crippen MR) is 118 cm³/mol. The van der Waals surface area contributed by atoms with Crippen LogP contribution in [0.1, 0.15) is 52.4 Å². The van der Waals surface area contributed by atoms with E-state index in [9.17, 15) is 24.5 Å². The summed E-state index contributed by atoms with van der Waals surface area (Å²) in [5.41, 5.74) is 7.70. The van der Waals surface area contributed by atoms with Crippen molar-refractivity contribution in [2.75, 3.05) is 13.2 Å². The number of ether oxygens (including phenoxy) is 2. The Morgan fingerprint density at radius 1 is 1.40 bits per heavy atom. The Morgan fingerprint density at radius 3 is 2.83 bits per heavy atom. The van der Waals surface area contributed by atoms with Crippen LogP contribution in [0.4, 0.5) is 0 Å².